The van der Waals surface area contributed by atoms with Gasteiger partial charge in [-0.15, -0.1) is 0 Å². The van der Waals surface area contributed by atoms with E-state index in [1.54, 1.807) is 0 Å². The fourth-order valence-corrected chi connectivity index (χ4v) is 6.90. The van der Waals surface area contributed by atoms with Gasteiger partial charge in [0.1, 0.15) is 0 Å². The molecule has 0 radical (unpaired) electrons. The van der Waals surface area contributed by atoms with Crippen LogP contribution in [0.5, 0.6) is 0 Å². The molecule has 0 N–H and O–H groups in total. The van der Waals surface area contributed by atoms with Crippen LogP contribution < -0.4 is 9.21 Å². The molecule has 2 aliphatic rings. The predicted octanol–water partition coefficient (Wildman–Crippen LogP) is 1.88. The molecule has 166 valence electrons. The molecular weight excluding hydrogens is 438 g/mol. The summed E-state index contributed by atoms with van der Waals surface area (Å²) in [5.41, 5.74) is 3.69. The number of carbonyl (C=O) groups is 1. The van der Waals surface area contributed by atoms with Crippen molar-refractivity contribution in [1.29, 1.82) is 0 Å². The number of anilines is 2. The summed E-state index contributed by atoms with van der Waals surface area (Å²) in [5.74, 6) is -0.727. The van der Waals surface area contributed by atoms with Crippen molar-refractivity contribution in [2.75, 3.05) is 41.1 Å². The summed E-state index contributed by atoms with van der Waals surface area (Å²) in [6.45, 7) is 6.02. The van der Waals surface area contributed by atoms with Crippen molar-refractivity contribution in [3.05, 3.63) is 53.6 Å². The lowest BCUT2D eigenvalue weighted by molar-refractivity contribution is -0.116. The molecule has 2 fully saturated rings. The molecule has 2 aromatic carbocycles. The minimum Gasteiger partial charge on any atom is -0.369 e. The highest BCUT2D eigenvalue weighted by Gasteiger charge is 2.36. The maximum atomic E-state index is 13.1. The lowest BCUT2D eigenvalue weighted by atomic mass is 10.1. The van der Waals surface area contributed by atoms with Crippen LogP contribution in [0.25, 0.3) is 0 Å². The summed E-state index contributed by atoms with van der Waals surface area (Å²) in [6.07, 6.45) is -0.0624. The Bertz CT molecular complexity index is 1220. The second kappa shape index (κ2) is 7.92. The number of hydrogen-bond acceptors (Lipinski definition) is 6. The van der Waals surface area contributed by atoms with E-state index >= 15 is 0 Å². The highest BCUT2D eigenvalue weighted by molar-refractivity contribution is 7.94. The van der Waals surface area contributed by atoms with Gasteiger partial charge in [0.05, 0.1) is 16.3 Å². The summed E-state index contributed by atoms with van der Waals surface area (Å²) in [4.78, 5) is 14.2. The Morgan fingerprint density at radius 3 is 2.13 bits per heavy atom. The van der Waals surface area contributed by atoms with Crippen LogP contribution in [0, 0.1) is 13.8 Å². The van der Waals surface area contributed by atoms with Gasteiger partial charge in [-0.25, -0.2) is 21.1 Å². The minimum atomic E-state index is -3.71. The zero-order valence-electron chi connectivity index (χ0n) is 17.5. The van der Waals surface area contributed by atoms with E-state index in [1.165, 1.54) is 39.7 Å². The first-order valence-corrected chi connectivity index (χ1v) is 13.1. The van der Waals surface area contributed by atoms with Gasteiger partial charge in [0, 0.05) is 38.3 Å². The molecule has 0 bridgehead atoms. The molecular formula is C21H25N3O5S2. The lowest BCUT2D eigenvalue weighted by Gasteiger charge is -2.36. The maximum absolute atomic E-state index is 13.1. The SMILES string of the molecule is Cc1cccc(N2CCN(S(=O)(=O)c3ccc(N4C(=O)CCS4(=O)=O)cc3)CC2)c1C. The molecule has 2 heterocycles. The summed E-state index contributed by atoms with van der Waals surface area (Å²) in [5, 5.41) is 0. The largest absolute Gasteiger partial charge is 0.369 e. The second-order valence-electron chi connectivity index (χ2n) is 7.83. The van der Waals surface area contributed by atoms with E-state index in [1.807, 2.05) is 6.07 Å². The van der Waals surface area contributed by atoms with Gasteiger partial charge in [0.15, 0.2) is 0 Å². The van der Waals surface area contributed by atoms with Crippen molar-refractivity contribution < 1.29 is 21.6 Å². The normalized spacial score (nSPS) is 19.7. The van der Waals surface area contributed by atoms with Crippen molar-refractivity contribution in [2.24, 2.45) is 0 Å². The van der Waals surface area contributed by atoms with Crippen LogP contribution in [-0.4, -0.2) is 59.0 Å². The van der Waals surface area contributed by atoms with E-state index in [9.17, 15) is 21.6 Å². The van der Waals surface area contributed by atoms with Crippen molar-refractivity contribution in [2.45, 2.75) is 25.2 Å². The Labute approximate surface area is 183 Å². The van der Waals surface area contributed by atoms with E-state index in [2.05, 4.69) is 30.9 Å². The molecule has 0 aromatic heterocycles. The van der Waals surface area contributed by atoms with Crippen LogP contribution in [-0.2, 0) is 24.8 Å². The Balaban J connectivity index is 1.49. The highest BCUT2D eigenvalue weighted by Crippen LogP contribution is 2.28. The van der Waals surface area contributed by atoms with E-state index in [-0.39, 0.29) is 22.8 Å². The molecule has 0 unspecified atom stereocenters. The Kier molecular flexibility index (Phi) is 5.57. The van der Waals surface area contributed by atoms with E-state index in [0.717, 1.165) is 9.99 Å². The smallest absolute Gasteiger partial charge is 0.243 e. The zero-order valence-corrected chi connectivity index (χ0v) is 19.1. The van der Waals surface area contributed by atoms with Crippen LogP contribution in [0.4, 0.5) is 11.4 Å². The predicted molar refractivity (Wildman–Crippen MR) is 119 cm³/mol. The van der Waals surface area contributed by atoms with E-state index in [0.29, 0.717) is 26.2 Å². The van der Waals surface area contributed by atoms with Crippen LogP contribution in [0.1, 0.15) is 17.5 Å². The number of sulfonamides is 2. The van der Waals surface area contributed by atoms with Crippen molar-refractivity contribution in [3.63, 3.8) is 0 Å². The van der Waals surface area contributed by atoms with Crippen LogP contribution in [0.15, 0.2) is 47.4 Å². The number of nitrogens with zero attached hydrogens (tertiary/aromatic N) is 3. The fraction of sp³-hybridized carbons (Fsp3) is 0.381. The average Bonchev–Trinajstić information content (AvgIpc) is 3.02. The molecule has 0 aliphatic carbocycles. The lowest BCUT2D eigenvalue weighted by Crippen LogP contribution is -2.48. The minimum absolute atomic E-state index is 0.0624. The number of carbonyl (C=O) groups excluding carboxylic acids is 1. The number of piperazine rings is 1. The molecule has 2 saturated heterocycles. The summed E-state index contributed by atoms with van der Waals surface area (Å²) < 4.78 is 52.5. The van der Waals surface area contributed by atoms with Gasteiger partial charge in [-0.2, -0.15) is 4.31 Å². The monoisotopic (exact) mass is 463 g/mol. The van der Waals surface area contributed by atoms with Crippen molar-refractivity contribution in [1.82, 2.24) is 4.31 Å². The second-order valence-corrected chi connectivity index (χ2v) is 11.7. The fourth-order valence-electron chi connectivity index (χ4n) is 4.02. The number of hydrogen-bond donors (Lipinski definition) is 0. The van der Waals surface area contributed by atoms with Gasteiger partial charge in [-0.1, -0.05) is 12.1 Å². The highest BCUT2D eigenvalue weighted by atomic mass is 32.2. The van der Waals surface area contributed by atoms with Crippen molar-refractivity contribution in [3.8, 4) is 0 Å². The number of aryl methyl sites for hydroxylation is 1. The summed E-state index contributed by atoms with van der Waals surface area (Å²) >= 11 is 0. The van der Waals surface area contributed by atoms with E-state index in [4.69, 9.17) is 0 Å². The maximum Gasteiger partial charge on any atom is 0.243 e. The Morgan fingerprint density at radius 2 is 1.55 bits per heavy atom. The topological polar surface area (TPSA) is 95.1 Å². The van der Waals surface area contributed by atoms with Crippen LogP contribution in [0.2, 0.25) is 0 Å². The third-order valence-corrected chi connectivity index (χ3v) is 9.55. The van der Waals surface area contributed by atoms with E-state index < -0.39 is 26.0 Å². The average molecular weight is 464 g/mol. The van der Waals surface area contributed by atoms with Gasteiger partial charge in [0.25, 0.3) is 0 Å². The molecule has 8 nitrogen and oxygen atoms in total. The Morgan fingerprint density at radius 1 is 0.903 bits per heavy atom. The molecule has 4 rings (SSSR count). The quantitative estimate of drug-likeness (QED) is 0.687. The molecule has 0 atom stereocenters. The summed E-state index contributed by atoms with van der Waals surface area (Å²) in [6, 6.07) is 11.6. The molecule has 31 heavy (non-hydrogen) atoms. The number of rotatable bonds is 4. The third-order valence-electron chi connectivity index (χ3n) is 5.94. The first-order chi connectivity index (χ1) is 14.6. The van der Waals surface area contributed by atoms with Gasteiger partial charge in [0.2, 0.25) is 26.0 Å². The molecule has 10 heteroatoms. The van der Waals surface area contributed by atoms with Crippen LogP contribution >= 0.6 is 0 Å². The van der Waals surface area contributed by atoms with Crippen LogP contribution in [0.3, 0.4) is 0 Å². The number of benzene rings is 2. The van der Waals surface area contributed by atoms with Crippen molar-refractivity contribution >= 4 is 37.3 Å². The Hall–Kier alpha value is -2.43. The molecule has 0 saturated carbocycles. The van der Waals surface area contributed by atoms with Gasteiger partial charge < -0.3 is 4.90 Å². The first kappa shape index (κ1) is 21.8. The number of amides is 1. The third kappa shape index (κ3) is 3.95. The van der Waals surface area contributed by atoms with Gasteiger partial charge >= 0.3 is 0 Å². The van der Waals surface area contributed by atoms with Gasteiger partial charge in [-0.3, -0.25) is 4.79 Å². The standard InChI is InChI=1S/C21H25N3O5S2/c1-16-4-3-5-20(17(16)2)22-11-13-23(14-12-22)31(28,29)19-8-6-18(7-9-19)24-21(25)10-15-30(24,26)27/h3-9H,10-15H2,1-2H3. The zero-order chi connectivity index (χ0) is 22.4. The van der Waals surface area contributed by atoms with Gasteiger partial charge in [-0.05, 0) is 55.3 Å². The molecule has 2 aliphatic heterocycles. The first-order valence-electron chi connectivity index (χ1n) is 10.1. The molecule has 1 amide bonds. The molecule has 0 spiro atoms. The summed E-state index contributed by atoms with van der Waals surface area (Å²) in [7, 11) is -7.39. The molecule has 2 aromatic rings.